The predicted molar refractivity (Wildman–Crippen MR) is 38.3 cm³/mol. The number of carboxylic acids is 1. The van der Waals surface area contributed by atoms with Gasteiger partial charge in [-0.2, -0.15) is 4.39 Å². The second kappa shape index (κ2) is 4.08. The molecule has 3 nitrogen and oxygen atoms in total. The number of hydrogen-bond acceptors (Lipinski definition) is 2. The zero-order chi connectivity index (χ0) is 9.30. The molecule has 13 heavy (non-hydrogen) atoms. The van der Waals surface area contributed by atoms with Crippen molar-refractivity contribution >= 4 is 18.4 Å². The third-order valence-electron chi connectivity index (χ3n) is 1.14. The topological polar surface area (TPSA) is 50.2 Å². The van der Waals surface area contributed by atoms with Gasteiger partial charge in [-0.05, 0) is 0 Å². The summed E-state index contributed by atoms with van der Waals surface area (Å²) < 4.78 is 37.1. The molecule has 1 heterocycles. The lowest BCUT2D eigenvalue weighted by atomic mass is 10.2. The molecule has 1 aromatic rings. The molecule has 0 aliphatic rings. The van der Waals surface area contributed by atoms with Crippen molar-refractivity contribution in [1.29, 1.82) is 0 Å². The molecule has 0 spiro atoms. The Balaban J connectivity index is 0.00000144. The van der Waals surface area contributed by atoms with Crippen LogP contribution in [0.15, 0.2) is 6.20 Å². The molecule has 0 saturated carbocycles. The van der Waals surface area contributed by atoms with Gasteiger partial charge in [-0.15, -0.1) is 12.4 Å². The Morgan fingerprint density at radius 2 is 1.92 bits per heavy atom. The van der Waals surface area contributed by atoms with E-state index in [0.717, 1.165) is 0 Å². The smallest absolute Gasteiger partial charge is 0.343 e. The van der Waals surface area contributed by atoms with Crippen LogP contribution in [0.3, 0.4) is 0 Å². The maximum atomic E-state index is 12.5. The van der Waals surface area contributed by atoms with Crippen LogP contribution in [-0.2, 0) is 0 Å². The fraction of sp³-hybridized carbons (Fsp3) is 0. The molecule has 0 aromatic carbocycles. The van der Waals surface area contributed by atoms with E-state index < -0.39 is 29.1 Å². The lowest BCUT2D eigenvalue weighted by Crippen LogP contribution is -2.08. The van der Waals surface area contributed by atoms with E-state index in [1.807, 2.05) is 0 Å². The van der Waals surface area contributed by atoms with Crippen LogP contribution in [0, 0.1) is 17.6 Å². The summed E-state index contributed by atoms with van der Waals surface area (Å²) in [5.41, 5.74) is -1.38. The highest BCUT2D eigenvalue weighted by Crippen LogP contribution is 2.12. The van der Waals surface area contributed by atoms with Gasteiger partial charge >= 0.3 is 5.97 Å². The molecule has 0 saturated heterocycles. The normalized spacial score (nSPS) is 9.15. The van der Waals surface area contributed by atoms with Gasteiger partial charge in [0.1, 0.15) is 0 Å². The summed E-state index contributed by atoms with van der Waals surface area (Å²) in [6.45, 7) is 0. The van der Waals surface area contributed by atoms with Crippen LogP contribution in [0.25, 0.3) is 0 Å². The third-order valence-corrected chi connectivity index (χ3v) is 1.14. The average Bonchev–Trinajstić information content (AvgIpc) is 1.97. The van der Waals surface area contributed by atoms with Crippen molar-refractivity contribution < 1.29 is 23.1 Å². The lowest BCUT2D eigenvalue weighted by molar-refractivity contribution is 0.0683. The number of halogens is 4. The number of hydrogen-bond donors (Lipinski definition) is 1. The van der Waals surface area contributed by atoms with E-state index in [2.05, 4.69) is 4.98 Å². The Hall–Kier alpha value is -1.30. The first-order valence-corrected chi connectivity index (χ1v) is 2.77. The van der Waals surface area contributed by atoms with Gasteiger partial charge in [0.2, 0.25) is 5.95 Å². The van der Waals surface area contributed by atoms with E-state index in [9.17, 15) is 18.0 Å². The van der Waals surface area contributed by atoms with Crippen molar-refractivity contribution in [2.75, 3.05) is 0 Å². The molecule has 1 N–H and O–H groups in total. The van der Waals surface area contributed by atoms with Gasteiger partial charge in [0.15, 0.2) is 17.2 Å². The van der Waals surface area contributed by atoms with Crippen LogP contribution in [-0.4, -0.2) is 16.1 Å². The molecule has 0 aliphatic heterocycles. The zero-order valence-corrected chi connectivity index (χ0v) is 6.74. The summed E-state index contributed by atoms with van der Waals surface area (Å²) in [7, 11) is 0. The number of pyridine rings is 1. The van der Waals surface area contributed by atoms with Gasteiger partial charge in [-0.25, -0.2) is 18.6 Å². The molecule has 0 atom stereocenters. The fourth-order valence-electron chi connectivity index (χ4n) is 0.627. The molecule has 0 bridgehead atoms. The molecule has 0 radical (unpaired) electrons. The molecule has 1 rings (SSSR count). The second-order valence-corrected chi connectivity index (χ2v) is 1.89. The molecular formula is C6H3ClF3NO2. The van der Waals surface area contributed by atoms with E-state index in [1.54, 1.807) is 0 Å². The maximum Gasteiger partial charge on any atom is 0.343 e. The van der Waals surface area contributed by atoms with E-state index in [4.69, 9.17) is 5.11 Å². The molecule has 0 unspecified atom stereocenters. The molecule has 0 amide bonds. The highest BCUT2D eigenvalue weighted by atomic mass is 35.5. The molecule has 7 heteroatoms. The Labute approximate surface area is 76.6 Å². The van der Waals surface area contributed by atoms with Crippen molar-refractivity contribution in [2.45, 2.75) is 0 Å². The first-order chi connectivity index (χ1) is 5.54. The fourth-order valence-corrected chi connectivity index (χ4v) is 0.627. The van der Waals surface area contributed by atoms with Gasteiger partial charge in [-0.1, -0.05) is 0 Å². The maximum absolute atomic E-state index is 12.5. The minimum absolute atomic E-state index is 0. The quantitative estimate of drug-likeness (QED) is 0.721. The number of nitrogens with zero attached hydrogens (tertiary/aromatic N) is 1. The summed E-state index contributed by atoms with van der Waals surface area (Å²) in [5, 5.41) is 8.18. The van der Waals surface area contributed by atoms with E-state index in [1.165, 1.54) is 0 Å². The molecule has 72 valence electrons. The Morgan fingerprint density at radius 3 is 2.31 bits per heavy atom. The first kappa shape index (κ1) is 11.7. The summed E-state index contributed by atoms with van der Waals surface area (Å²) in [5.74, 6) is -6.66. The summed E-state index contributed by atoms with van der Waals surface area (Å²) >= 11 is 0. The predicted octanol–water partition coefficient (Wildman–Crippen LogP) is 1.62. The number of carbonyl (C=O) groups is 1. The monoisotopic (exact) mass is 213 g/mol. The van der Waals surface area contributed by atoms with Gasteiger partial charge < -0.3 is 5.11 Å². The number of rotatable bonds is 1. The van der Waals surface area contributed by atoms with Crippen LogP contribution >= 0.6 is 12.4 Å². The van der Waals surface area contributed by atoms with Crippen LogP contribution in [0.2, 0.25) is 0 Å². The van der Waals surface area contributed by atoms with Crippen molar-refractivity contribution in [3.8, 4) is 0 Å². The van der Waals surface area contributed by atoms with Gasteiger partial charge in [0.25, 0.3) is 0 Å². The van der Waals surface area contributed by atoms with E-state index >= 15 is 0 Å². The summed E-state index contributed by atoms with van der Waals surface area (Å²) in [6, 6.07) is 0. The van der Waals surface area contributed by atoms with Crippen LogP contribution in [0.5, 0.6) is 0 Å². The summed E-state index contributed by atoms with van der Waals surface area (Å²) in [4.78, 5) is 12.8. The molecule has 0 aliphatic carbocycles. The summed E-state index contributed by atoms with van der Waals surface area (Å²) in [6.07, 6.45) is 0.275. The van der Waals surface area contributed by atoms with Crippen LogP contribution in [0.4, 0.5) is 13.2 Å². The first-order valence-electron chi connectivity index (χ1n) is 2.77. The Bertz CT molecular complexity index is 345. The lowest BCUT2D eigenvalue weighted by Gasteiger charge is -1.97. The van der Waals surface area contributed by atoms with Gasteiger partial charge in [-0.3, -0.25) is 0 Å². The third kappa shape index (κ3) is 2.09. The van der Waals surface area contributed by atoms with E-state index in [-0.39, 0.29) is 18.6 Å². The van der Waals surface area contributed by atoms with Crippen LogP contribution < -0.4 is 0 Å². The van der Waals surface area contributed by atoms with Crippen molar-refractivity contribution in [3.05, 3.63) is 29.3 Å². The average molecular weight is 214 g/mol. The van der Waals surface area contributed by atoms with Crippen molar-refractivity contribution in [1.82, 2.24) is 4.98 Å². The molecule has 0 fully saturated rings. The number of carboxylic acid groups (broad SMARTS) is 1. The molecular weight excluding hydrogens is 211 g/mol. The van der Waals surface area contributed by atoms with Gasteiger partial charge in [0, 0.05) is 0 Å². The second-order valence-electron chi connectivity index (χ2n) is 1.89. The number of aromatic carboxylic acids is 1. The Morgan fingerprint density at radius 1 is 1.38 bits per heavy atom. The minimum atomic E-state index is -1.89. The zero-order valence-electron chi connectivity index (χ0n) is 5.92. The highest BCUT2D eigenvalue weighted by Gasteiger charge is 2.20. The van der Waals surface area contributed by atoms with Gasteiger partial charge in [0.05, 0.1) is 6.20 Å². The standard InChI is InChI=1S/C6H2F3NO2.ClH/c7-2-1-10-5(9)3(4(2)8)6(11)12;/h1H,(H,11,12);1H. The molecule has 1 aromatic heterocycles. The Kier molecular flexibility index (Phi) is 3.68. The van der Waals surface area contributed by atoms with Crippen molar-refractivity contribution in [3.63, 3.8) is 0 Å². The van der Waals surface area contributed by atoms with Crippen molar-refractivity contribution in [2.24, 2.45) is 0 Å². The van der Waals surface area contributed by atoms with E-state index in [0.29, 0.717) is 0 Å². The number of aromatic nitrogens is 1. The highest BCUT2D eigenvalue weighted by molar-refractivity contribution is 5.87. The van der Waals surface area contributed by atoms with Crippen LogP contribution in [0.1, 0.15) is 10.4 Å². The largest absolute Gasteiger partial charge is 0.477 e. The SMILES string of the molecule is Cl.O=C(O)c1c(F)ncc(F)c1F. The minimum Gasteiger partial charge on any atom is -0.477 e.